The highest BCUT2D eigenvalue weighted by Crippen LogP contribution is 2.16. The average molecular weight is 378 g/mol. The predicted molar refractivity (Wildman–Crippen MR) is 106 cm³/mol. The smallest absolute Gasteiger partial charge is 0.261 e. The lowest BCUT2D eigenvalue weighted by atomic mass is 10.0. The number of nitrogens with one attached hydrogen (secondary N) is 2. The van der Waals surface area contributed by atoms with Gasteiger partial charge >= 0.3 is 0 Å². The summed E-state index contributed by atoms with van der Waals surface area (Å²) in [5.41, 5.74) is 1.57. The van der Waals surface area contributed by atoms with Crippen molar-refractivity contribution in [2.75, 3.05) is 11.9 Å². The lowest BCUT2D eigenvalue weighted by Gasteiger charge is -2.08. The highest BCUT2D eigenvalue weighted by atomic mass is 32.1. The molecule has 0 saturated heterocycles. The van der Waals surface area contributed by atoms with Crippen molar-refractivity contribution in [3.8, 4) is 0 Å². The fourth-order valence-corrected chi connectivity index (χ4v) is 3.29. The van der Waals surface area contributed by atoms with E-state index in [0.717, 1.165) is 4.88 Å². The van der Waals surface area contributed by atoms with Gasteiger partial charge in [0, 0.05) is 21.7 Å². The van der Waals surface area contributed by atoms with E-state index in [-0.39, 0.29) is 24.1 Å². The molecule has 136 valence electrons. The fourth-order valence-electron chi connectivity index (χ4n) is 2.50. The fraction of sp³-hybridized carbons (Fsp3) is 0.0952. The van der Waals surface area contributed by atoms with Crippen LogP contribution in [0.3, 0.4) is 0 Å². The second-order valence-electron chi connectivity index (χ2n) is 5.92. The van der Waals surface area contributed by atoms with Gasteiger partial charge < -0.3 is 10.6 Å². The summed E-state index contributed by atoms with van der Waals surface area (Å²) in [6.45, 7) is 1.77. The van der Waals surface area contributed by atoms with E-state index < -0.39 is 0 Å². The molecule has 0 fully saturated rings. The maximum absolute atomic E-state index is 12.5. The number of thiophene rings is 1. The maximum Gasteiger partial charge on any atom is 0.261 e. The van der Waals surface area contributed by atoms with Gasteiger partial charge in [-0.1, -0.05) is 42.5 Å². The van der Waals surface area contributed by atoms with E-state index in [1.54, 1.807) is 54.6 Å². The molecule has 6 heteroatoms. The average Bonchev–Trinajstić information content (AvgIpc) is 3.13. The van der Waals surface area contributed by atoms with Crippen molar-refractivity contribution in [1.29, 1.82) is 0 Å². The van der Waals surface area contributed by atoms with Gasteiger partial charge in [0.1, 0.15) is 0 Å². The molecular weight excluding hydrogens is 360 g/mol. The van der Waals surface area contributed by atoms with Crippen molar-refractivity contribution < 1.29 is 14.4 Å². The number of aryl methyl sites for hydroxylation is 1. The van der Waals surface area contributed by atoms with E-state index in [1.165, 1.54) is 11.3 Å². The summed E-state index contributed by atoms with van der Waals surface area (Å²) >= 11 is 1.37. The topological polar surface area (TPSA) is 75.3 Å². The standard InChI is InChI=1S/C21H18N2O3S/c1-14-10-11-18(27-14)21(26)22-13-19(24)23-17-9-5-8-16(12-17)20(25)15-6-3-2-4-7-15/h2-12H,13H2,1H3,(H,22,26)(H,23,24). The number of anilines is 1. The van der Waals surface area contributed by atoms with Gasteiger partial charge in [0.05, 0.1) is 11.4 Å². The Balaban J connectivity index is 1.60. The lowest BCUT2D eigenvalue weighted by molar-refractivity contribution is -0.115. The molecule has 0 aliphatic rings. The highest BCUT2D eigenvalue weighted by Gasteiger charge is 2.12. The molecule has 0 bridgehead atoms. The monoisotopic (exact) mass is 378 g/mol. The highest BCUT2D eigenvalue weighted by molar-refractivity contribution is 7.13. The van der Waals surface area contributed by atoms with Crippen LogP contribution in [0, 0.1) is 6.92 Å². The van der Waals surface area contributed by atoms with Crippen LogP contribution in [0.1, 0.15) is 30.5 Å². The molecule has 0 aliphatic heterocycles. The summed E-state index contributed by atoms with van der Waals surface area (Å²) in [4.78, 5) is 38.2. The van der Waals surface area contributed by atoms with Crippen LogP contribution in [-0.2, 0) is 4.79 Å². The molecule has 5 nitrogen and oxygen atoms in total. The Morgan fingerprint density at radius 1 is 0.889 bits per heavy atom. The lowest BCUT2D eigenvalue weighted by Crippen LogP contribution is -2.32. The second kappa shape index (κ2) is 8.42. The van der Waals surface area contributed by atoms with E-state index in [1.807, 2.05) is 19.1 Å². The zero-order valence-corrected chi connectivity index (χ0v) is 15.5. The molecule has 3 rings (SSSR count). The van der Waals surface area contributed by atoms with E-state index in [0.29, 0.717) is 21.7 Å². The van der Waals surface area contributed by atoms with E-state index in [9.17, 15) is 14.4 Å². The molecular formula is C21H18N2O3S. The molecule has 0 saturated carbocycles. The number of amides is 2. The summed E-state index contributed by atoms with van der Waals surface area (Å²) in [6, 6.07) is 19.3. The molecule has 1 aromatic heterocycles. The van der Waals surface area contributed by atoms with Gasteiger partial charge in [0.2, 0.25) is 5.91 Å². The van der Waals surface area contributed by atoms with Crippen LogP contribution >= 0.6 is 11.3 Å². The third-order valence-corrected chi connectivity index (χ3v) is 4.82. The summed E-state index contributed by atoms with van der Waals surface area (Å²) in [7, 11) is 0. The van der Waals surface area contributed by atoms with E-state index in [2.05, 4.69) is 10.6 Å². The molecule has 2 amide bonds. The molecule has 0 unspecified atom stereocenters. The minimum Gasteiger partial charge on any atom is -0.342 e. The van der Waals surface area contributed by atoms with Crippen molar-refractivity contribution in [2.24, 2.45) is 0 Å². The zero-order chi connectivity index (χ0) is 19.2. The normalized spacial score (nSPS) is 10.3. The van der Waals surface area contributed by atoms with Crippen LogP contribution < -0.4 is 10.6 Å². The van der Waals surface area contributed by atoms with Crippen LogP contribution in [0.4, 0.5) is 5.69 Å². The second-order valence-corrected chi connectivity index (χ2v) is 7.21. The Morgan fingerprint density at radius 2 is 1.63 bits per heavy atom. The first-order valence-corrected chi connectivity index (χ1v) is 9.19. The Labute approximate surface area is 161 Å². The first kappa shape index (κ1) is 18.5. The summed E-state index contributed by atoms with van der Waals surface area (Å²) < 4.78 is 0. The molecule has 0 aliphatic carbocycles. The van der Waals surface area contributed by atoms with Gasteiger partial charge in [-0.25, -0.2) is 0 Å². The molecule has 2 aromatic carbocycles. The van der Waals surface area contributed by atoms with Gasteiger partial charge in [0.25, 0.3) is 5.91 Å². The Morgan fingerprint density at radius 3 is 2.33 bits per heavy atom. The van der Waals surface area contributed by atoms with Crippen molar-refractivity contribution in [3.63, 3.8) is 0 Å². The van der Waals surface area contributed by atoms with Crippen molar-refractivity contribution in [1.82, 2.24) is 5.32 Å². The van der Waals surface area contributed by atoms with E-state index >= 15 is 0 Å². The summed E-state index contributed by atoms with van der Waals surface area (Å²) in [6.07, 6.45) is 0. The number of benzene rings is 2. The van der Waals surface area contributed by atoms with Gasteiger partial charge in [0.15, 0.2) is 5.78 Å². The number of ketones is 1. The number of hydrogen-bond donors (Lipinski definition) is 2. The summed E-state index contributed by atoms with van der Waals surface area (Å²) in [5, 5.41) is 5.29. The number of carbonyl (C=O) groups excluding carboxylic acids is 3. The van der Waals surface area contributed by atoms with Crippen LogP contribution in [0.15, 0.2) is 66.7 Å². The molecule has 0 atom stereocenters. The Kier molecular flexibility index (Phi) is 5.78. The van der Waals surface area contributed by atoms with Crippen LogP contribution in [0.2, 0.25) is 0 Å². The van der Waals surface area contributed by atoms with Crippen molar-refractivity contribution in [3.05, 3.63) is 87.6 Å². The van der Waals surface area contributed by atoms with Crippen LogP contribution in [-0.4, -0.2) is 24.1 Å². The van der Waals surface area contributed by atoms with Gasteiger partial charge in [-0.05, 0) is 31.2 Å². The first-order chi connectivity index (χ1) is 13.0. The van der Waals surface area contributed by atoms with Crippen LogP contribution in [0.5, 0.6) is 0 Å². The Hall–Kier alpha value is -3.25. The molecule has 27 heavy (non-hydrogen) atoms. The Bertz CT molecular complexity index is 980. The molecule has 1 heterocycles. The van der Waals surface area contributed by atoms with Gasteiger partial charge in [-0.2, -0.15) is 0 Å². The molecule has 0 radical (unpaired) electrons. The maximum atomic E-state index is 12.5. The first-order valence-electron chi connectivity index (χ1n) is 8.37. The SMILES string of the molecule is Cc1ccc(C(=O)NCC(=O)Nc2cccc(C(=O)c3ccccc3)c2)s1. The number of hydrogen-bond acceptors (Lipinski definition) is 4. The minimum atomic E-state index is -0.360. The van der Waals surface area contributed by atoms with E-state index in [4.69, 9.17) is 0 Å². The number of rotatable bonds is 6. The minimum absolute atomic E-state index is 0.118. The quantitative estimate of drug-likeness (QED) is 0.643. The summed E-state index contributed by atoms with van der Waals surface area (Å²) in [5.74, 6) is -0.759. The molecule has 0 spiro atoms. The zero-order valence-electron chi connectivity index (χ0n) is 14.7. The third-order valence-electron chi connectivity index (χ3n) is 3.82. The van der Waals surface area contributed by atoms with Crippen molar-refractivity contribution >= 4 is 34.6 Å². The van der Waals surface area contributed by atoms with Crippen LogP contribution in [0.25, 0.3) is 0 Å². The predicted octanol–water partition coefficient (Wildman–Crippen LogP) is 3.66. The third kappa shape index (κ3) is 4.89. The molecule has 3 aromatic rings. The number of carbonyl (C=O) groups is 3. The molecule has 2 N–H and O–H groups in total. The largest absolute Gasteiger partial charge is 0.342 e. The van der Waals surface area contributed by atoms with Crippen molar-refractivity contribution in [2.45, 2.75) is 6.92 Å². The van der Waals surface area contributed by atoms with Gasteiger partial charge in [-0.15, -0.1) is 11.3 Å². The van der Waals surface area contributed by atoms with Gasteiger partial charge in [-0.3, -0.25) is 14.4 Å².